The highest BCUT2D eigenvalue weighted by molar-refractivity contribution is 5.85. The van der Waals surface area contributed by atoms with Gasteiger partial charge < -0.3 is 9.30 Å². The van der Waals surface area contributed by atoms with Crippen LogP contribution >= 0.6 is 0 Å². The molecule has 122 valence electrons. The van der Waals surface area contributed by atoms with Gasteiger partial charge in [0.1, 0.15) is 6.61 Å². The van der Waals surface area contributed by atoms with Gasteiger partial charge in [0.25, 0.3) is 5.56 Å². The Balaban J connectivity index is 1.80. The summed E-state index contributed by atoms with van der Waals surface area (Å²) >= 11 is 0. The summed E-state index contributed by atoms with van der Waals surface area (Å²) in [5, 5.41) is 3.85. The van der Waals surface area contributed by atoms with Gasteiger partial charge in [-0.15, -0.1) is 4.91 Å². The Morgan fingerprint density at radius 2 is 2.04 bits per heavy atom. The molecule has 2 aromatic heterocycles. The number of nitroso groups, excluding NO2 is 1. The molecule has 25 heavy (non-hydrogen) atoms. The van der Waals surface area contributed by atoms with Gasteiger partial charge >= 0.3 is 5.97 Å². The number of para-hydroxylation sites is 1. The van der Waals surface area contributed by atoms with Crippen LogP contribution in [-0.4, -0.2) is 15.5 Å². The molecule has 0 saturated heterocycles. The molecule has 0 bridgehead atoms. The second-order valence-corrected chi connectivity index (χ2v) is 6.16. The third-order valence-electron chi connectivity index (χ3n) is 4.79. The predicted octanol–water partition coefficient (Wildman–Crippen LogP) is 2.29. The van der Waals surface area contributed by atoms with E-state index in [0.717, 1.165) is 16.5 Å². The number of aromatic nitrogens is 2. The Morgan fingerprint density at radius 1 is 1.20 bits per heavy atom. The highest BCUT2D eigenvalue weighted by Gasteiger charge is 2.35. The van der Waals surface area contributed by atoms with Gasteiger partial charge in [-0.1, -0.05) is 18.2 Å². The topological polar surface area (TPSA) is 90.6 Å². The minimum atomic E-state index is -1.30. The van der Waals surface area contributed by atoms with Gasteiger partial charge in [0.05, 0.1) is 29.0 Å². The number of carbonyl (C=O) groups excluding carboxylic acids is 1. The number of rotatable bonds is 1. The van der Waals surface area contributed by atoms with Crippen molar-refractivity contribution >= 4 is 16.9 Å². The first kappa shape index (κ1) is 14.0. The summed E-state index contributed by atoms with van der Waals surface area (Å²) in [6.45, 7) is 0.271. The van der Waals surface area contributed by atoms with E-state index in [-0.39, 0.29) is 12.2 Å². The molecular formula is C18H11N3O4. The molecule has 5 rings (SSSR count). The Hall–Kier alpha value is -3.35. The molecule has 2 aliphatic heterocycles. The fourth-order valence-electron chi connectivity index (χ4n) is 3.57. The number of carbonyl (C=O) groups is 1. The number of cyclic esters (lactones) is 1. The molecule has 1 atom stereocenters. The average molecular weight is 333 g/mol. The molecule has 2 aliphatic rings. The van der Waals surface area contributed by atoms with E-state index in [1.807, 2.05) is 30.3 Å². The van der Waals surface area contributed by atoms with Crippen molar-refractivity contribution in [3.63, 3.8) is 0 Å². The SMILES string of the molecule is O=NC1C(=O)OCc2c1cc1n(c2=O)Cc2cc3ccccc3nc2-1. The summed E-state index contributed by atoms with van der Waals surface area (Å²) in [5.41, 5.74) is 3.42. The molecule has 0 fully saturated rings. The van der Waals surface area contributed by atoms with Gasteiger partial charge in [-0.3, -0.25) is 4.79 Å². The van der Waals surface area contributed by atoms with Gasteiger partial charge in [0.2, 0.25) is 6.04 Å². The van der Waals surface area contributed by atoms with Crippen LogP contribution in [0.25, 0.3) is 22.3 Å². The van der Waals surface area contributed by atoms with E-state index >= 15 is 0 Å². The fourth-order valence-corrected chi connectivity index (χ4v) is 3.57. The average Bonchev–Trinajstić information content (AvgIpc) is 2.98. The normalized spacial score (nSPS) is 17.6. The molecule has 7 heteroatoms. The van der Waals surface area contributed by atoms with Crippen LogP contribution in [0.5, 0.6) is 0 Å². The lowest BCUT2D eigenvalue weighted by Crippen LogP contribution is -2.31. The second-order valence-electron chi connectivity index (χ2n) is 6.16. The zero-order valence-corrected chi connectivity index (χ0v) is 12.9. The molecule has 0 amide bonds. The van der Waals surface area contributed by atoms with Crippen LogP contribution < -0.4 is 5.56 Å². The van der Waals surface area contributed by atoms with Crippen LogP contribution in [0.2, 0.25) is 0 Å². The van der Waals surface area contributed by atoms with E-state index < -0.39 is 12.0 Å². The maximum atomic E-state index is 12.8. The molecule has 4 heterocycles. The van der Waals surface area contributed by atoms with Crippen molar-refractivity contribution in [1.29, 1.82) is 0 Å². The number of nitrogens with zero attached hydrogens (tertiary/aromatic N) is 3. The Bertz CT molecular complexity index is 1150. The van der Waals surface area contributed by atoms with E-state index in [2.05, 4.69) is 10.2 Å². The maximum absolute atomic E-state index is 12.8. The highest BCUT2D eigenvalue weighted by atomic mass is 16.5. The third-order valence-corrected chi connectivity index (χ3v) is 4.79. The third kappa shape index (κ3) is 1.83. The summed E-state index contributed by atoms with van der Waals surface area (Å²) in [5.74, 6) is -0.725. The maximum Gasteiger partial charge on any atom is 0.339 e. The molecule has 1 unspecified atom stereocenters. The largest absolute Gasteiger partial charge is 0.459 e. The number of hydrogen-bond donors (Lipinski definition) is 0. The summed E-state index contributed by atoms with van der Waals surface area (Å²) in [6, 6.07) is 10.1. The van der Waals surface area contributed by atoms with Crippen molar-refractivity contribution in [1.82, 2.24) is 9.55 Å². The number of hydrogen-bond acceptors (Lipinski definition) is 6. The van der Waals surface area contributed by atoms with Gasteiger partial charge in [0, 0.05) is 16.5 Å². The lowest BCUT2D eigenvalue weighted by atomic mass is 9.99. The minimum Gasteiger partial charge on any atom is -0.459 e. The fraction of sp³-hybridized carbons (Fsp3) is 0.167. The first-order valence-corrected chi connectivity index (χ1v) is 7.82. The van der Waals surface area contributed by atoms with Crippen molar-refractivity contribution < 1.29 is 9.53 Å². The predicted molar refractivity (Wildman–Crippen MR) is 88.9 cm³/mol. The number of pyridine rings is 2. The summed E-state index contributed by atoms with van der Waals surface area (Å²) in [4.78, 5) is 40.4. The summed E-state index contributed by atoms with van der Waals surface area (Å²) < 4.78 is 6.53. The van der Waals surface area contributed by atoms with Crippen LogP contribution in [-0.2, 0) is 22.7 Å². The van der Waals surface area contributed by atoms with Gasteiger partial charge in [-0.25, -0.2) is 9.78 Å². The molecule has 1 aromatic carbocycles. The van der Waals surface area contributed by atoms with Crippen molar-refractivity contribution in [3.05, 3.63) is 68.3 Å². The minimum absolute atomic E-state index is 0.134. The second kappa shape index (κ2) is 4.83. The van der Waals surface area contributed by atoms with Crippen molar-refractivity contribution in [3.8, 4) is 11.4 Å². The Kier molecular flexibility index (Phi) is 2.71. The highest BCUT2D eigenvalue weighted by Crippen LogP contribution is 2.35. The van der Waals surface area contributed by atoms with Crippen LogP contribution in [0.4, 0.5) is 0 Å². The van der Waals surface area contributed by atoms with E-state index in [0.29, 0.717) is 29.1 Å². The number of benzene rings is 1. The zero-order valence-electron chi connectivity index (χ0n) is 12.9. The van der Waals surface area contributed by atoms with Crippen LogP contribution in [0.15, 0.2) is 46.4 Å². The number of esters is 1. The summed E-state index contributed by atoms with van der Waals surface area (Å²) in [6.07, 6.45) is 0. The molecule has 3 aromatic rings. The molecule has 0 radical (unpaired) electrons. The number of ether oxygens (including phenoxy) is 1. The Morgan fingerprint density at radius 3 is 2.88 bits per heavy atom. The van der Waals surface area contributed by atoms with Crippen molar-refractivity contribution in [2.75, 3.05) is 0 Å². The van der Waals surface area contributed by atoms with Crippen LogP contribution in [0.1, 0.15) is 22.7 Å². The molecule has 7 nitrogen and oxygen atoms in total. The van der Waals surface area contributed by atoms with Gasteiger partial charge in [0.15, 0.2) is 0 Å². The standard InChI is InChI=1S/C18H11N3O4/c22-17-12-8-25-18(23)16(20-24)11(12)6-14-15-10(7-21(14)17)5-9-3-1-2-4-13(9)19-15/h1-6,16H,7-8H2. The zero-order chi connectivity index (χ0) is 17.1. The molecule has 0 aliphatic carbocycles. The number of fused-ring (bicyclic) bond motifs is 5. The van der Waals surface area contributed by atoms with Crippen LogP contribution in [0.3, 0.4) is 0 Å². The van der Waals surface area contributed by atoms with Gasteiger partial charge in [-0.05, 0) is 23.4 Å². The van der Waals surface area contributed by atoms with E-state index in [1.165, 1.54) is 0 Å². The lowest BCUT2D eigenvalue weighted by molar-refractivity contribution is -0.148. The monoisotopic (exact) mass is 333 g/mol. The quantitative estimate of drug-likeness (QED) is 0.394. The lowest BCUT2D eigenvalue weighted by Gasteiger charge is -2.20. The first-order chi connectivity index (χ1) is 12.2. The van der Waals surface area contributed by atoms with Crippen molar-refractivity contribution in [2.45, 2.75) is 19.2 Å². The first-order valence-electron chi connectivity index (χ1n) is 7.82. The van der Waals surface area contributed by atoms with E-state index in [1.54, 1.807) is 10.6 Å². The van der Waals surface area contributed by atoms with E-state index in [9.17, 15) is 14.5 Å². The molecule has 0 N–H and O–H groups in total. The van der Waals surface area contributed by atoms with Crippen molar-refractivity contribution in [2.24, 2.45) is 5.18 Å². The molecule has 0 saturated carbocycles. The molecule has 0 spiro atoms. The van der Waals surface area contributed by atoms with Gasteiger partial charge in [-0.2, -0.15) is 0 Å². The smallest absolute Gasteiger partial charge is 0.339 e. The molecular weight excluding hydrogens is 322 g/mol. The Labute approximate surface area is 140 Å². The van der Waals surface area contributed by atoms with E-state index in [4.69, 9.17) is 4.74 Å². The van der Waals surface area contributed by atoms with Crippen LogP contribution in [0, 0.1) is 4.91 Å². The summed E-state index contributed by atoms with van der Waals surface area (Å²) in [7, 11) is 0.